The van der Waals surface area contributed by atoms with Gasteiger partial charge in [0.05, 0.1) is 0 Å². The summed E-state index contributed by atoms with van der Waals surface area (Å²) in [5.74, 6) is 0. The normalized spacial score (nSPS) is 0.667. The zero-order chi connectivity index (χ0) is 2.00. The Kier molecular flexibility index (Phi) is 4770. The van der Waals surface area contributed by atoms with Gasteiger partial charge in [-0.2, -0.15) is 0 Å². The van der Waals surface area contributed by atoms with Crippen LogP contribution in [0.25, 0.3) is 0 Å². The van der Waals surface area contributed by atoms with Crippen LogP contribution in [0.3, 0.4) is 0 Å². The second kappa shape index (κ2) is 348. The summed E-state index contributed by atoms with van der Waals surface area (Å²) in [5, 5.41) is 0. The van der Waals surface area contributed by atoms with Crippen molar-refractivity contribution < 1.29 is 36.3 Å². The maximum atomic E-state index is 3.90. The second-order valence-corrected chi connectivity index (χ2v) is 0. The Hall–Kier alpha value is 0.579. The molecule has 0 rings (SSSR count). The molecule has 0 unspecified atom stereocenters. The van der Waals surface area contributed by atoms with E-state index in [1.54, 1.807) is 0 Å². The molecule has 45 valence electrons. The van der Waals surface area contributed by atoms with Crippen LogP contribution in [0.2, 0.25) is 0 Å². The number of rotatable bonds is 0. The molecule has 0 aliphatic heterocycles. The van der Waals surface area contributed by atoms with E-state index >= 15 is 0 Å². The Balaban J connectivity index is -0.000000000833. The summed E-state index contributed by atoms with van der Waals surface area (Å²) in [4.78, 5) is 0. The molecule has 0 atom stereocenters. The van der Waals surface area contributed by atoms with E-state index in [0.717, 1.165) is 0 Å². The summed E-state index contributed by atoms with van der Waals surface area (Å²) in [6.07, 6.45) is 0. The summed E-state index contributed by atoms with van der Waals surface area (Å²) in [6, 6.07) is 0. The van der Waals surface area contributed by atoms with Crippen molar-refractivity contribution in [3.63, 3.8) is 0 Å². The molecular weight excluding hydrogens is 151 g/mol. The van der Waals surface area contributed by atoms with Crippen LogP contribution in [0.5, 0.6) is 0 Å². The quantitative estimate of drug-likeness (QED) is 0.351. The average Bonchev–Trinajstić information content (AvgIpc) is 1.00. The Morgan fingerprint density at radius 1 is 0.667 bits per heavy atom. The first-order valence-corrected chi connectivity index (χ1v) is 1.91. The van der Waals surface area contributed by atoms with E-state index in [1.165, 1.54) is 0 Å². The van der Waals surface area contributed by atoms with Gasteiger partial charge in [0.1, 0.15) is 0 Å². The Bertz CT molecular complexity index is 7.51. The fourth-order valence-corrected chi connectivity index (χ4v) is 0. The van der Waals surface area contributed by atoms with Gasteiger partial charge in [0.15, 0.2) is 0 Å². The van der Waals surface area contributed by atoms with Gasteiger partial charge in [-0.15, -0.1) is 0 Å². The van der Waals surface area contributed by atoms with E-state index in [1.807, 2.05) is 0 Å². The van der Waals surface area contributed by atoms with Crippen LogP contribution in [-0.2, 0) is 14.4 Å². The van der Waals surface area contributed by atoms with Crippen molar-refractivity contribution in [1.82, 2.24) is 0 Å². The van der Waals surface area contributed by atoms with Crippen LogP contribution in [-0.4, -0.2) is 21.9 Å². The molecule has 0 amide bonds. The summed E-state index contributed by atoms with van der Waals surface area (Å²) < 4.78 is 0. The first kappa shape index (κ1) is 82.1. The zero-order valence-corrected chi connectivity index (χ0v) is 4.78. The fourth-order valence-electron chi connectivity index (χ4n) is 0. The molecule has 8 N–H and O–H groups in total. The van der Waals surface area contributed by atoms with Gasteiger partial charge in [-0.3, -0.25) is 0 Å². The predicted molar refractivity (Wildman–Crippen MR) is 22.0 cm³/mol. The van der Waals surface area contributed by atoms with Crippen LogP contribution in [0.1, 0.15) is 0 Å². The molecule has 0 saturated carbocycles. The molecular formula is H8MnO4S. The van der Waals surface area contributed by atoms with Crippen molar-refractivity contribution in [1.29, 1.82) is 0 Å². The molecule has 0 saturated heterocycles. The van der Waals surface area contributed by atoms with Crippen LogP contribution >= 0.6 is 10.6 Å². The fraction of sp³-hybridized carbons (Fsp3) is 0. The Morgan fingerprint density at radius 2 is 0.667 bits per heavy atom. The summed E-state index contributed by atoms with van der Waals surface area (Å²) >= 11 is 2.52. The molecule has 0 bridgehead atoms. The maximum absolute atomic E-state index is 3.90. The monoisotopic (exact) mass is 159 g/mol. The standard InChI is InChI=1S/Mn.4H2O.S/h;4*1H2;. The molecule has 0 heterocycles. The molecule has 4 nitrogen and oxygen atoms in total. The van der Waals surface area contributed by atoms with Crippen LogP contribution in [0, 0.1) is 0 Å². The van der Waals surface area contributed by atoms with E-state index in [-0.39, 0.29) is 21.9 Å². The molecule has 0 aromatic carbocycles. The van der Waals surface area contributed by atoms with Crippen molar-refractivity contribution in [2.45, 2.75) is 0 Å². The van der Waals surface area contributed by atoms with Gasteiger partial charge in [-0.25, -0.2) is 0 Å². The molecule has 0 aromatic rings. The van der Waals surface area contributed by atoms with Gasteiger partial charge in [0, 0.05) is 0 Å². The zero-order valence-electron chi connectivity index (χ0n) is 2.79. The first-order chi connectivity index (χ1) is 1.00. The average molecular weight is 159 g/mol. The summed E-state index contributed by atoms with van der Waals surface area (Å²) in [5.41, 5.74) is 0. The first-order valence-electron chi connectivity index (χ1n) is 0.154. The minimum atomic E-state index is 0. The third-order valence-corrected chi connectivity index (χ3v) is 0. The van der Waals surface area contributed by atoms with Crippen molar-refractivity contribution in [3.05, 3.63) is 0 Å². The topological polar surface area (TPSA) is 126 Å². The van der Waals surface area contributed by atoms with E-state index in [2.05, 4.69) is 24.9 Å². The van der Waals surface area contributed by atoms with Crippen molar-refractivity contribution >= 4 is 10.6 Å². The molecule has 6 heteroatoms. The van der Waals surface area contributed by atoms with Crippen molar-refractivity contribution in [2.24, 2.45) is 0 Å². The molecule has 0 radical (unpaired) electrons. The van der Waals surface area contributed by atoms with Gasteiger partial charge in [0.25, 0.3) is 0 Å². The van der Waals surface area contributed by atoms with Gasteiger partial charge < -0.3 is 21.9 Å². The van der Waals surface area contributed by atoms with E-state index in [9.17, 15) is 0 Å². The van der Waals surface area contributed by atoms with Crippen LogP contribution < -0.4 is 0 Å². The van der Waals surface area contributed by atoms with Gasteiger partial charge in [-0.1, -0.05) is 0 Å². The molecule has 0 spiro atoms. The SMILES string of the molecule is O.O.O.O.[S]=[Mn]. The van der Waals surface area contributed by atoms with Gasteiger partial charge >= 0.3 is 24.9 Å². The van der Waals surface area contributed by atoms with Crippen LogP contribution in [0.4, 0.5) is 0 Å². The molecule has 0 fully saturated rings. The van der Waals surface area contributed by atoms with E-state index in [4.69, 9.17) is 0 Å². The summed E-state index contributed by atoms with van der Waals surface area (Å²) in [6.45, 7) is 0. The second-order valence-electron chi connectivity index (χ2n) is 0. The van der Waals surface area contributed by atoms with Gasteiger partial charge in [-0.05, 0) is 0 Å². The van der Waals surface area contributed by atoms with Crippen LogP contribution in [0.15, 0.2) is 0 Å². The Labute approximate surface area is 47.5 Å². The van der Waals surface area contributed by atoms with Crippen molar-refractivity contribution in [2.75, 3.05) is 0 Å². The summed E-state index contributed by atoms with van der Waals surface area (Å²) in [7, 11) is 3.90. The molecule has 0 aliphatic rings. The third kappa shape index (κ3) is 175. The Morgan fingerprint density at radius 3 is 0.667 bits per heavy atom. The predicted octanol–water partition coefficient (Wildman–Crippen LogP) is -2.65. The number of hydrogen-bond acceptors (Lipinski definition) is 1. The van der Waals surface area contributed by atoms with E-state index in [0.29, 0.717) is 0 Å². The molecule has 0 aromatic heterocycles. The van der Waals surface area contributed by atoms with Gasteiger partial charge in [0.2, 0.25) is 0 Å². The van der Waals surface area contributed by atoms with E-state index < -0.39 is 0 Å². The van der Waals surface area contributed by atoms with Crippen molar-refractivity contribution in [3.8, 4) is 0 Å². The minimum absolute atomic E-state index is 0. The number of hydrogen-bond donors (Lipinski definition) is 0. The molecule has 0 aliphatic carbocycles. The molecule has 6 heavy (non-hydrogen) atoms. The third-order valence-electron chi connectivity index (χ3n) is 0.